The van der Waals surface area contributed by atoms with Crippen LogP contribution in [0.15, 0.2) is 30.5 Å². The number of aromatic nitrogens is 1. The molecule has 3 amide bonds. The fraction of sp³-hybridized carbons (Fsp3) is 0.412. The number of nitrogens with zero attached hydrogens (tertiary/aromatic N) is 2. The number of halogens is 1. The van der Waals surface area contributed by atoms with Gasteiger partial charge in [0.15, 0.2) is 0 Å². The third-order valence-corrected chi connectivity index (χ3v) is 4.54. The first kappa shape index (κ1) is 17.7. The Balaban J connectivity index is 0.00000182. The van der Waals surface area contributed by atoms with Gasteiger partial charge < -0.3 is 14.6 Å². The summed E-state index contributed by atoms with van der Waals surface area (Å²) in [6, 6.07) is 7.57. The summed E-state index contributed by atoms with van der Waals surface area (Å²) in [6.45, 7) is 3.65. The molecule has 134 valence electrons. The molecule has 2 aromatic rings. The number of hydrogen-bond donors (Lipinski definition) is 2. The zero-order valence-electron chi connectivity index (χ0n) is 13.7. The van der Waals surface area contributed by atoms with Crippen LogP contribution in [0.5, 0.6) is 0 Å². The molecule has 0 unspecified atom stereocenters. The Morgan fingerprint density at radius 3 is 2.88 bits per heavy atom. The first-order valence-corrected chi connectivity index (χ1v) is 8.24. The molecule has 25 heavy (non-hydrogen) atoms. The number of morpholine rings is 1. The van der Waals surface area contributed by atoms with E-state index in [1.165, 1.54) is 0 Å². The van der Waals surface area contributed by atoms with E-state index in [9.17, 15) is 9.59 Å². The Morgan fingerprint density at radius 2 is 2.12 bits per heavy atom. The van der Waals surface area contributed by atoms with E-state index >= 15 is 0 Å². The van der Waals surface area contributed by atoms with Crippen LogP contribution in [-0.4, -0.2) is 48.9 Å². The van der Waals surface area contributed by atoms with Gasteiger partial charge in [-0.05, 0) is 18.2 Å². The molecule has 0 aliphatic carbocycles. The summed E-state index contributed by atoms with van der Waals surface area (Å²) in [6.07, 6.45) is 2.50. The van der Waals surface area contributed by atoms with Gasteiger partial charge in [0.25, 0.3) is 0 Å². The standard InChI is InChI=1S/C17H20N4O3.ClH/c22-16-5-8-21(17(23)19-16)15-3-1-2-14-13(15)4-7-20(14)11-12-10-18-6-9-24-12;/h1-4,7,12,18H,5-6,8-11H2,(H,19,22,23);1H/t12-;/m1./s1. The Labute approximate surface area is 151 Å². The third-order valence-electron chi connectivity index (χ3n) is 4.54. The Morgan fingerprint density at radius 1 is 1.24 bits per heavy atom. The molecule has 0 spiro atoms. The molecule has 4 rings (SSSR count). The highest BCUT2D eigenvalue weighted by Gasteiger charge is 2.26. The van der Waals surface area contributed by atoms with Crippen LogP contribution in [0.1, 0.15) is 6.42 Å². The highest BCUT2D eigenvalue weighted by atomic mass is 35.5. The first-order chi connectivity index (χ1) is 11.7. The summed E-state index contributed by atoms with van der Waals surface area (Å²) >= 11 is 0. The Bertz CT molecular complexity index is 785. The molecule has 0 saturated carbocycles. The largest absolute Gasteiger partial charge is 0.374 e. The van der Waals surface area contributed by atoms with Crippen molar-refractivity contribution in [3.8, 4) is 0 Å². The van der Waals surface area contributed by atoms with Gasteiger partial charge in [-0.25, -0.2) is 4.79 Å². The number of carbonyl (C=O) groups is 2. The number of amides is 3. The lowest BCUT2D eigenvalue weighted by molar-refractivity contribution is -0.120. The molecule has 2 aliphatic heterocycles. The lowest BCUT2D eigenvalue weighted by Gasteiger charge is -2.27. The molecule has 1 aromatic heterocycles. The van der Waals surface area contributed by atoms with Crippen LogP contribution in [-0.2, 0) is 16.1 Å². The van der Waals surface area contributed by atoms with Crippen molar-refractivity contribution in [2.45, 2.75) is 19.1 Å². The second-order valence-electron chi connectivity index (χ2n) is 6.13. The summed E-state index contributed by atoms with van der Waals surface area (Å²) in [4.78, 5) is 25.1. The van der Waals surface area contributed by atoms with Crippen molar-refractivity contribution in [1.29, 1.82) is 0 Å². The molecule has 0 bridgehead atoms. The number of rotatable bonds is 3. The molecule has 2 aliphatic rings. The molecule has 1 aromatic carbocycles. The summed E-state index contributed by atoms with van der Waals surface area (Å²) in [7, 11) is 0. The minimum absolute atomic E-state index is 0. The van der Waals surface area contributed by atoms with Gasteiger partial charge >= 0.3 is 6.03 Å². The van der Waals surface area contributed by atoms with Gasteiger partial charge in [0.1, 0.15) is 0 Å². The van der Waals surface area contributed by atoms with Crippen LogP contribution < -0.4 is 15.5 Å². The van der Waals surface area contributed by atoms with Crippen molar-refractivity contribution in [1.82, 2.24) is 15.2 Å². The van der Waals surface area contributed by atoms with Crippen molar-refractivity contribution in [2.24, 2.45) is 0 Å². The molecule has 2 N–H and O–H groups in total. The fourth-order valence-corrected chi connectivity index (χ4v) is 3.35. The van der Waals surface area contributed by atoms with E-state index in [0.29, 0.717) is 13.0 Å². The minimum atomic E-state index is -0.355. The third kappa shape index (κ3) is 3.49. The van der Waals surface area contributed by atoms with Crippen LogP contribution in [0.3, 0.4) is 0 Å². The molecular weight excluding hydrogens is 344 g/mol. The Kier molecular flexibility index (Phi) is 5.27. The zero-order chi connectivity index (χ0) is 16.5. The van der Waals surface area contributed by atoms with E-state index in [4.69, 9.17) is 4.74 Å². The highest BCUT2D eigenvalue weighted by molar-refractivity contribution is 6.09. The maximum absolute atomic E-state index is 12.1. The topological polar surface area (TPSA) is 75.6 Å². The Hall–Kier alpha value is -2.09. The van der Waals surface area contributed by atoms with Crippen LogP contribution in [0.4, 0.5) is 10.5 Å². The van der Waals surface area contributed by atoms with Crippen molar-refractivity contribution < 1.29 is 14.3 Å². The van der Waals surface area contributed by atoms with Gasteiger partial charge in [-0.3, -0.25) is 15.0 Å². The second kappa shape index (κ2) is 7.43. The zero-order valence-corrected chi connectivity index (χ0v) is 14.6. The second-order valence-corrected chi connectivity index (χ2v) is 6.13. The molecule has 0 radical (unpaired) electrons. The minimum Gasteiger partial charge on any atom is -0.374 e. The average Bonchev–Trinajstić information content (AvgIpc) is 2.99. The van der Waals surface area contributed by atoms with Crippen molar-refractivity contribution >= 4 is 40.9 Å². The summed E-state index contributed by atoms with van der Waals surface area (Å²) in [5.41, 5.74) is 1.89. The summed E-state index contributed by atoms with van der Waals surface area (Å²) in [5, 5.41) is 6.72. The van der Waals surface area contributed by atoms with Crippen molar-refractivity contribution in [3.05, 3.63) is 30.5 Å². The maximum Gasteiger partial charge on any atom is 0.328 e. The number of urea groups is 1. The van der Waals surface area contributed by atoms with Crippen LogP contribution in [0.25, 0.3) is 10.9 Å². The number of nitrogens with one attached hydrogen (secondary N) is 2. The van der Waals surface area contributed by atoms with E-state index in [1.54, 1.807) is 4.90 Å². The smallest absolute Gasteiger partial charge is 0.328 e. The van der Waals surface area contributed by atoms with E-state index in [2.05, 4.69) is 15.2 Å². The normalized spacial score (nSPS) is 21.1. The number of fused-ring (bicyclic) bond motifs is 1. The number of imide groups is 1. The van der Waals surface area contributed by atoms with Gasteiger partial charge in [-0.2, -0.15) is 0 Å². The lowest BCUT2D eigenvalue weighted by Crippen LogP contribution is -2.49. The molecular formula is C17H21ClN4O3. The number of ether oxygens (including phenoxy) is 1. The monoisotopic (exact) mass is 364 g/mol. The summed E-state index contributed by atoms with van der Waals surface area (Å²) < 4.78 is 7.94. The predicted molar refractivity (Wildman–Crippen MR) is 97.3 cm³/mol. The van der Waals surface area contributed by atoms with E-state index in [0.717, 1.165) is 42.8 Å². The molecule has 2 saturated heterocycles. The van der Waals surface area contributed by atoms with Crippen molar-refractivity contribution in [3.63, 3.8) is 0 Å². The quantitative estimate of drug-likeness (QED) is 0.865. The predicted octanol–water partition coefficient (Wildman–Crippen LogP) is 1.50. The van der Waals surface area contributed by atoms with Gasteiger partial charge in [-0.15, -0.1) is 12.4 Å². The number of anilines is 1. The molecule has 2 fully saturated rings. The van der Waals surface area contributed by atoms with Crippen LogP contribution >= 0.6 is 12.4 Å². The SMILES string of the molecule is Cl.O=C1CCN(c2cccc3c2ccn3C[C@H]2CNCCO2)C(=O)N1. The number of hydrogen-bond acceptors (Lipinski definition) is 4. The fourth-order valence-electron chi connectivity index (χ4n) is 3.35. The van der Waals surface area contributed by atoms with Crippen LogP contribution in [0, 0.1) is 0 Å². The molecule has 7 nitrogen and oxygen atoms in total. The van der Waals surface area contributed by atoms with E-state index in [-0.39, 0.29) is 30.4 Å². The van der Waals surface area contributed by atoms with E-state index < -0.39 is 0 Å². The number of benzene rings is 1. The van der Waals surface area contributed by atoms with Gasteiger partial charge in [0, 0.05) is 37.6 Å². The summed E-state index contributed by atoms with van der Waals surface area (Å²) in [5.74, 6) is -0.219. The number of carbonyl (C=O) groups excluding carboxylic acids is 2. The van der Waals surface area contributed by atoms with Gasteiger partial charge in [-0.1, -0.05) is 6.07 Å². The molecule has 3 heterocycles. The highest BCUT2D eigenvalue weighted by Crippen LogP contribution is 2.29. The van der Waals surface area contributed by atoms with Gasteiger partial charge in [0.2, 0.25) is 5.91 Å². The first-order valence-electron chi connectivity index (χ1n) is 8.24. The molecule has 8 heteroatoms. The molecule has 1 atom stereocenters. The lowest BCUT2D eigenvalue weighted by atomic mass is 10.1. The van der Waals surface area contributed by atoms with E-state index in [1.807, 2.05) is 30.5 Å². The average molecular weight is 365 g/mol. The van der Waals surface area contributed by atoms with Crippen LogP contribution in [0.2, 0.25) is 0 Å². The maximum atomic E-state index is 12.1. The van der Waals surface area contributed by atoms with Gasteiger partial charge in [0.05, 0.1) is 30.5 Å². The van der Waals surface area contributed by atoms with Crippen molar-refractivity contribution in [2.75, 3.05) is 31.1 Å².